The molecule has 0 amide bonds. The van der Waals surface area contributed by atoms with Gasteiger partial charge < -0.3 is 9.47 Å². The molecule has 4 heteroatoms. The maximum atomic E-state index is 10.5. The van der Waals surface area contributed by atoms with Crippen molar-refractivity contribution in [1.82, 2.24) is 0 Å². The zero-order chi connectivity index (χ0) is 10.3. The monoisotopic (exact) mass is 186 g/mol. The zero-order valence-electron chi connectivity index (χ0n) is 8.07. The largest absolute Gasteiger partial charge is 0.463 e. The Kier molecular flexibility index (Phi) is 5.59. The summed E-state index contributed by atoms with van der Waals surface area (Å²) >= 11 is 0. The Morgan fingerprint density at radius 1 is 1.31 bits per heavy atom. The molecule has 1 atom stereocenters. The van der Waals surface area contributed by atoms with Crippen LogP contribution in [-0.2, 0) is 19.1 Å². The number of hydrogen-bond donors (Lipinski definition) is 0. The SMILES string of the molecule is CC(=O)OC=CCC(C)OC(C)=O. The average Bonchev–Trinajstić information content (AvgIpc) is 1.96. The van der Waals surface area contributed by atoms with Crippen LogP contribution in [0.15, 0.2) is 12.3 Å². The average molecular weight is 186 g/mol. The highest BCUT2D eigenvalue weighted by molar-refractivity contribution is 5.66. The van der Waals surface area contributed by atoms with Crippen LogP contribution in [0.25, 0.3) is 0 Å². The fraction of sp³-hybridized carbons (Fsp3) is 0.556. The first-order chi connectivity index (χ1) is 6.02. The van der Waals surface area contributed by atoms with Gasteiger partial charge in [0.15, 0.2) is 0 Å². The van der Waals surface area contributed by atoms with E-state index >= 15 is 0 Å². The number of carbonyl (C=O) groups is 2. The summed E-state index contributed by atoms with van der Waals surface area (Å²) in [5.41, 5.74) is 0. The Morgan fingerprint density at radius 2 is 1.92 bits per heavy atom. The molecule has 0 heterocycles. The van der Waals surface area contributed by atoms with Crippen LogP contribution in [0, 0.1) is 0 Å². The summed E-state index contributed by atoms with van der Waals surface area (Å²) in [7, 11) is 0. The second kappa shape index (κ2) is 6.22. The van der Waals surface area contributed by atoms with E-state index in [0.29, 0.717) is 6.42 Å². The first-order valence-electron chi connectivity index (χ1n) is 4.02. The molecule has 0 bridgehead atoms. The number of hydrogen-bond acceptors (Lipinski definition) is 4. The van der Waals surface area contributed by atoms with E-state index in [2.05, 4.69) is 4.74 Å². The van der Waals surface area contributed by atoms with Gasteiger partial charge in [-0.3, -0.25) is 9.59 Å². The highest BCUT2D eigenvalue weighted by Crippen LogP contribution is 1.98. The Labute approximate surface area is 77.5 Å². The number of carbonyl (C=O) groups excluding carboxylic acids is 2. The van der Waals surface area contributed by atoms with Crippen LogP contribution < -0.4 is 0 Å². The summed E-state index contributed by atoms with van der Waals surface area (Å²) < 4.78 is 9.36. The normalized spacial score (nSPS) is 12.5. The zero-order valence-corrected chi connectivity index (χ0v) is 8.07. The maximum absolute atomic E-state index is 10.5. The third-order valence-electron chi connectivity index (χ3n) is 1.17. The van der Waals surface area contributed by atoms with Gasteiger partial charge in [0.2, 0.25) is 0 Å². The first-order valence-corrected chi connectivity index (χ1v) is 4.02. The van der Waals surface area contributed by atoms with Crippen molar-refractivity contribution in [2.45, 2.75) is 33.3 Å². The summed E-state index contributed by atoms with van der Waals surface area (Å²) in [5, 5.41) is 0. The van der Waals surface area contributed by atoms with E-state index in [0.717, 1.165) is 0 Å². The Balaban J connectivity index is 3.56. The minimum atomic E-state index is -0.364. The van der Waals surface area contributed by atoms with Gasteiger partial charge in [-0.15, -0.1) is 0 Å². The lowest BCUT2D eigenvalue weighted by molar-refractivity contribution is -0.145. The van der Waals surface area contributed by atoms with Crippen molar-refractivity contribution in [3.8, 4) is 0 Å². The molecule has 0 spiro atoms. The predicted molar refractivity (Wildman–Crippen MR) is 46.8 cm³/mol. The van der Waals surface area contributed by atoms with E-state index in [-0.39, 0.29) is 18.0 Å². The number of rotatable bonds is 4. The third kappa shape index (κ3) is 8.59. The van der Waals surface area contributed by atoms with Gasteiger partial charge in [-0.05, 0) is 13.0 Å². The van der Waals surface area contributed by atoms with Crippen LogP contribution in [0.4, 0.5) is 0 Å². The fourth-order valence-electron chi connectivity index (χ4n) is 0.723. The molecule has 0 aromatic carbocycles. The van der Waals surface area contributed by atoms with E-state index in [1.54, 1.807) is 13.0 Å². The molecule has 13 heavy (non-hydrogen) atoms. The Morgan fingerprint density at radius 3 is 2.38 bits per heavy atom. The van der Waals surface area contributed by atoms with Crippen LogP contribution >= 0.6 is 0 Å². The van der Waals surface area contributed by atoms with Crippen molar-refractivity contribution in [2.24, 2.45) is 0 Å². The molecular weight excluding hydrogens is 172 g/mol. The molecule has 0 N–H and O–H groups in total. The lowest BCUT2D eigenvalue weighted by atomic mass is 10.3. The molecule has 0 fully saturated rings. The molecule has 0 aliphatic rings. The summed E-state index contributed by atoms with van der Waals surface area (Å²) in [6, 6.07) is 0. The van der Waals surface area contributed by atoms with Gasteiger partial charge in [0.05, 0.1) is 6.26 Å². The molecular formula is C9H14O4. The van der Waals surface area contributed by atoms with Crippen molar-refractivity contribution in [3.05, 3.63) is 12.3 Å². The van der Waals surface area contributed by atoms with E-state index in [1.165, 1.54) is 20.1 Å². The molecule has 0 saturated carbocycles. The minimum Gasteiger partial charge on any atom is -0.463 e. The number of esters is 2. The highest BCUT2D eigenvalue weighted by atomic mass is 16.5. The smallest absolute Gasteiger partial charge is 0.307 e. The predicted octanol–water partition coefficient (Wildman–Crippen LogP) is 1.40. The molecule has 0 aromatic heterocycles. The van der Waals surface area contributed by atoms with Gasteiger partial charge in [-0.2, -0.15) is 0 Å². The van der Waals surface area contributed by atoms with Crippen LogP contribution in [0.1, 0.15) is 27.2 Å². The minimum absolute atomic E-state index is 0.190. The van der Waals surface area contributed by atoms with Crippen LogP contribution in [0.3, 0.4) is 0 Å². The quantitative estimate of drug-likeness (QED) is 0.492. The second-order valence-corrected chi connectivity index (χ2v) is 2.64. The second-order valence-electron chi connectivity index (χ2n) is 2.64. The van der Waals surface area contributed by atoms with E-state index in [9.17, 15) is 9.59 Å². The summed E-state index contributed by atoms with van der Waals surface area (Å²) in [6.45, 7) is 4.44. The maximum Gasteiger partial charge on any atom is 0.307 e. The molecule has 0 saturated heterocycles. The van der Waals surface area contributed by atoms with Crippen molar-refractivity contribution >= 4 is 11.9 Å². The Bertz CT molecular complexity index is 208. The molecule has 0 aliphatic carbocycles. The van der Waals surface area contributed by atoms with E-state index in [4.69, 9.17) is 4.74 Å². The summed E-state index contributed by atoms with van der Waals surface area (Å²) in [5.74, 6) is -0.676. The van der Waals surface area contributed by atoms with Crippen molar-refractivity contribution < 1.29 is 19.1 Å². The summed E-state index contributed by atoms with van der Waals surface area (Å²) in [4.78, 5) is 20.8. The topological polar surface area (TPSA) is 52.6 Å². The molecule has 1 unspecified atom stereocenters. The summed E-state index contributed by atoms with van der Waals surface area (Å²) in [6.07, 6.45) is 3.27. The third-order valence-corrected chi connectivity index (χ3v) is 1.17. The van der Waals surface area contributed by atoms with Crippen LogP contribution in [-0.4, -0.2) is 18.0 Å². The van der Waals surface area contributed by atoms with Gasteiger partial charge in [0.25, 0.3) is 0 Å². The van der Waals surface area contributed by atoms with Gasteiger partial charge in [-0.1, -0.05) is 0 Å². The molecule has 0 rings (SSSR count). The first kappa shape index (κ1) is 11.7. The van der Waals surface area contributed by atoms with Crippen molar-refractivity contribution in [3.63, 3.8) is 0 Å². The molecule has 0 aliphatic heterocycles. The van der Waals surface area contributed by atoms with Gasteiger partial charge in [0.1, 0.15) is 6.10 Å². The van der Waals surface area contributed by atoms with Crippen LogP contribution in [0.5, 0.6) is 0 Å². The number of ether oxygens (including phenoxy) is 2. The van der Waals surface area contributed by atoms with Crippen molar-refractivity contribution in [1.29, 1.82) is 0 Å². The van der Waals surface area contributed by atoms with Gasteiger partial charge >= 0.3 is 11.9 Å². The van der Waals surface area contributed by atoms with Gasteiger partial charge in [0, 0.05) is 20.3 Å². The Hall–Kier alpha value is -1.32. The molecule has 4 nitrogen and oxygen atoms in total. The van der Waals surface area contributed by atoms with E-state index < -0.39 is 0 Å². The fourth-order valence-corrected chi connectivity index (χ4v) is 0.723. The standard InChI is InChI=1S/C9H14O4/c1-7(13-9(3)11)5-4-6-12-8(2)10/h4,6-7H,5H2,1-3H3. The van der Waals surface area contributed by atoms with E-state index in [1.807, 2.05) is 0 Å². The lowest BCUT2D eigenvalue weighted by Gasteiger charge is -2.07. The van der Waals surface area contributed by atoms with Crippen LogP contribution in [0.2, 0.25) is 0 Å². The van der Waals surface area contributed by atoms with Gasteiger partial charge in [-0.25, -0.2) is 0 Å². The lowest BCUT2D eigenvalue weighted by Crippen LogP contribution is -2.10. The molecule has 0 radical (unpaired) electrons. The molecule has 74 valence electrons. The van der Waals surface area contributed by atoms with Crippen molar-refractivity contribution in [2.75, 3.05) is 0 Å². The molecule has 0 aromatic rings. The highest BCUT2D eigenvalue weighted by Gasteiger charge is 2.01.